The smallest absolute Gasteiger partial charge is 0.267 e. The molecule has 0 saturated carbocycles. The Bertz CT molecular complexity index is 1000. The zero-order chi connectivity index (χ0) is 20.0. The highest BCUT2D eigenvalue weighted by Gasteiger charge is 2.41. The average molecular weight is 413 g/mol. The van der Waals surface area contributed by atoms with E-state index in [0.29, 0.717) is 31.1 Å². The molecule has 2 aromatic rings. The summed E-state index contributed by atoms with van der Waals surface area (Å²) in [5.41, 5.74) is 2.05. The van der Waals surface area contributed by atoms with E-state index >= 15 is 0 Å². The van der Waals surface area contributed by atoms with Gasteiger partial charge >= 0.3 is 0 Å². The van der Waals surface area contributed by atoms with Gasteiger partial charge in [0.15, 0.2) is 11.5 Å². The Morgan fingerprint density at radius 2 is 2.00 bits per heavy atom. The molecule has 1 saturated heterocycles. The van der Waals surface area contributed by atoms with Gasteiger partial charge in [-0.1, -0.05) is 12.1 Å². The number of hydrogen-bond acceptors (Lipinski definition) is 6. The molecule has 0 N–H and O–H groups in total. The highest BCUT2D eigenvalue weighted by atomic mass is 32.2. The molecule has 8 heteroatoms. The molecule has 7 nitrogen and oxygen atoms in total. The zero-order valence-electron chi connectivity index (χ0n) is 16.2. The lowest BCUT2D eigenvalue weighted by atomic mass is 9.98. The van der Waals surface area contributed by atoms with Crippen LogP contribution in [0.2, 0.25) is 0 Å². The average Bonchev–Trinajstić information content (AvgIpc) is 2.69. The monoisotopic (exact) mass is 413 g/mol. The summed E-state index contributed by atoms with van der Waals surface area (Å²) in [6.07, 6.45) is -0.0827. The van der Waals surface area contributed by atoms with E-state index in [-0.39, 0.29) is 23.5 Å². The molecule has 0 aliphatic carbocycles. The van der Waals surface area contributed by atoms with Crippen molar-refractivity contribution >= 4 is 17.7 Å². The minimum atomic E-state index is -0.645. The Labute approximate surface area is 173 Å². The first kappa shape index (κ1) is 18.5. The van der Waals surface area contributed by atoms with E-state index in [2.05, 4.69) is 5.10 Å². The summed E-state index contributed by atoms with van der Waals surface area (Å²) in [5.74, 6) is 3.35. The van der Waals surface area contributed by atoms with Crippen LogP contribution in [0.4, 0.5) is 0 Å². The van der Waals surface area contributed by atoms with Gasteiger partial charge in [-0.3, -0.25) is 9.59 Å². The Kier molecular flexibility index (Phi) is 4.73. The fourth-order valence-corrected chi connectivity index (χ4v) is 5.02. The number of nitrogens with zero attached hydrogens (tertiary/aromatic N) is 3. The van der Waals surface area contributed by atoms with Crippen molar-refractivity contribution in [1.82, 2.24) is 14.7 Å². The number of fused-ring (bicyclic) bond motifs is 2. The van der Waals surface area contributed by atoms with Gasteiger partial charge in [0.2, 0.25) is 6.10 Å². The molecule has 0 bridgehead atoms. The fourth-order valence-electron chi connectivity index (χ4n) is 4.06. The summed E-state index contributed by atoms with van der Waals surface area (Å²) in [7, 11) is 0. The molecule has 3 aliphatic rings. The largest absolute Gasteiger partial charge is 0.482 e. The molecular weight excluding hydrogens is 390 g/mol. The number of aromatic nitrogens is 2. The SMILES string of the molecule is CC1Oc2ccccc2OC1C(=O)N1CC(Cn2nc3c(cc2=O)CSCC3)C1. The third kappa shape index (κ3) is 3.50. The minimum Gasteiger partial charge on any atom is -0.482 e. The predicted octanol–water partition coefficient (Wildman–Crippen LogP) is 1.72. The lowest BCUT2D eigenvalue weighted by molar-refractivity contribution is -0.151. The van der Waals surface area contributed by atoms with E-state index in [1.54, 1.807) is 15.6 Å². The van der Waals surface area contributed by atoms with E-state index < -0.39 is 6.10 Å². The van der Waals surface area contributed by atoms with Crippen LogP contribution in [0, 0.1) is 5.92 Å². The van der Waals surface area contributed by atoms with Gasteiger partial charge < -0.3 is 14.4 Å². The third-order valence-electron chi connectivity index (χ3n) is 5.69. The highest BCUT2D eigenvalue weighted by molar-refractivity contribution is 7.98. The Balaban J connectivity index is 1.21. The number of carbonyl (C=O) groups is 1. The molecule has 1 aromatic heterocycles. The zero-order valence-corrected chi connectivity index (χ0v) is 17.1. The summed E-state index contributed by atoms with van der Waals surface area (Å²) in [4.78, 5) is 27.0. The number of amides is 1. The van der Waals surface area contributed by atoms with E-state index in [1.807, 2.05) is 43.0 Å². The number of thioether (sulfide) groups is 1. The number of hydrogen-bond donors (Lipinski definition) is 0. The number of carbonyl (C=O) groups excluding carboxylic acids is 1. The number of rotatable bonds is 3. The molecule has 0 radical (unpaired) electrons. The van der Waals surface area contributed by atoms with Crippen molar-refractivity contribution in [2.75, 3.05) is 18.8 Å². The molecule has 1 aromatic carbocycles. The number of likely N-dealkylation sites (tertiary alicyclic amines) is 1. The van der Waals surface area contributed by atoms with Crippen LogP contribution in [0.1, 0.15) is 18.2 Å². The fraction of sp³-hybridized carbons (Fsp3) is 0.476. The molecule has 29 heavy (non-hydrogen) atoms. The third-order valence-corrected chi connectivity index (χ3v) is 6.70. The molecule has 1 fully saturated rings. The highest BCUT2D eigenvalue weighted by Crippen LogP contribution is 2.34. The molecule has 2 unspecified atom stereocenters. The van der Waals surface area contributed by atoms with Crippen molar-refractivity contribution in [2.24, 2.45) is 5.92 Å². The standard InChI is InChI=1S/C21H23N3O4S/c1-13-20(28-18-5-3-2-4-17(18)27-13)21(26)23-9-14(10-23)11-24-19(25)8-15-12-29-7-6-16(15)22-24/h2-5,8,13-14,20H,6-7,9-12H2,1H3. The second-order valence-corrected chi connectivity index (χ2v) is 8.96. The Hall–Kier alpha value is -2.48. The lowest BCUT2D eigenvalue weighted by Crippen LogP contribution is -2.59. The number of ether oxygens (including phenoxy) is 2. The van der Waals surface area contributed by atoms with Crippen LogP contribution in [0.15, 0.2) is 35.1 Å². The predicted molar refractivity (Wildman–Crippen MR) is 109 cm³/mol. The number of aryl methyl sites for hydroxylation is 1. The quantitative estimate of drug-likeness (QED) is 0.763. The van der Waals surface area contributed by atoms with Crippen molar-refractivity contribution < 1.29 is 14.3 Å². The van der Waals surface area contributed by atoms with Gasteiger partial charge in [-0.25, -0.2) is 4.68 Å². The van der Waals surface area contributed by atoms with Crippen molar-refractivity contribution in [2.45, 2.75) is 37.9 Å². The van der Waals surface area contributed by atoms with E-state index in [0.717, 1.165) is 29.2 Å². The summed E-state index contributed by atoms with van der Waals surface area (Å²) in [6.45, 7) is 3.61. The minimum absolute atomic E-state index is 0.0507. The Morgan fingerprint density at radius 3 is 2.79 bits per heavy atom. The maximum absolute atomic E-state index is 12.9. The number of para-hydroxylation sites is 2. The molecule has 152 valence electrons. The van der Waals surface area contributed by atoms with Gasteiger partial charge in [0, 0.05) is 37.2 Å². The van der Waals surface area contributed by atoms with Crippen molar-refractivity contribution in [3.63, 3.8) is 0 Å². The van der Waals surface area contributed by atoms with Gasteiger partial charge in [0.25, 0.3) is 11.5 Å². The first-order chi connectivity index (χ1) is 14.1. The van der Waals surface area contributed by atoms with Crippen LogP contribution in [-0.4, -0.2) is 51.6 Å². The lowest BCUT2D eigenvalue weighted by Gasteiger charge is -2.42. The summed E-state index contributed by atoms with van der Waals surface area (Å²) >= 11 is 1.84. The normalized spacial score (nSPS) is 23.3. The summed E-state index contributed by atoms with van der Waals surface area (Å²) in [6, 6.07) is 9.12. The first-order valence-corrected chi connectivity index (χ1v) is 11.1. The van der Waals surface area contributed by atoms with Crippen molar-refractivity contribution in [1.29, 1.82) is 0 Å². The maximum Gasteiger partial charge on any atom is 0.267 e. The van der Waals surface area contributed by atoms with Crippen molar-refractivity contribution in [3.8, 4) is 11.5 Å². The van der Waals surface area contributed by atoms with Crippen LogP contribution in [0.25, 0.3) is 0 Å². The molecule has 4 heterocycles. The van der Waals surface area contributed by atoms with Gasteiger partial charge in [-0.2, -0.15) is 16.9 Å². The van der Waals surface area contributed by atoms with Crippen LogP contribution in [0.5, 0.6) is 11.5 Å². The first-order valence-electron chi connectivity index (χ1n) is 9.97. The maximum atomic E-state index is 12.9. The van der Waals surface area contributed by atoms with Crippen molar-refractivity contribution in [3.05, 3.63) is 51.9 Å². The van der Waals surface area contributed by atoms with E-state index in [1.165, 1.54) is 0 Å². The molecular formula is C21H23N3O4S. The van der Waals surface area contributed by atoms with E-state index in [9.17, 15) is 9.59 Å². The van der Waals surface area contributed by atoms with Gasteiger partial charge in [-0.15, -0.1) is 0 Å². The molecule has 3 aliphatic heterocycles. The number of benzene rings is 1. The van der Waals surface area contributed by atoms with Crippen LogP contribution < -0.4 is 15.0 Å². The van der Waals surface area contributed by atoms with Gasteiger partial charge in [-0.05, 0) is 30.4 Å². The summed E-state index contributed by atoms with van der Waals surface area (Å²) < 4.78 is 13.3. The molecule has 5 rings (SSSR count). The Morgan fingerprint density at radius 1 is 1.24 bits per heavy atom. The second kappa shape index (κ2) is 7.40. The van der Waals surface area contributed by atoms with Gasteiger partial charge in [0.1, 0.15) is 6.10 Å². The van der Waals surface area contributed by atoms with Gasteiger partial charge in [0.05, 0.1) is 12.2 Å². The van der Waals surface area contributed by atoms with Crippen LogP contribution in [0.3, 0.4) is 0 Å². The molecule has 0 spiro atoms. The van der Waals surface area contributed by atoms with E-state index in [4.69, 9.17) is 9.47 Å². The molecule has 1 amide bonds. The topological polar surface area (TPSA) is 73.7 Å². The van der Waals surface area contributed by atoms with Crippen LogP contribution >= 0.6 is 11.8 Å². The summed E-state index contributed by atoms with van der Waals surface area (Å²) in [5, 5.41) is 4.57. The second-order valence-electron chi connectivity index (χ2n) is 7.86. The van der Waals surface area contributed by atoms with Crippen LogP contribution in [-0.2, 0) is 23.5 Å². The molecule has 2 atom stereocenters.